The molecule has 1 aliphatic rings. The zero-order chi connectivity index (χ0) is 21.3. The van der Waals surface area contributed by atoms with Crippen LogP contribution in [0.4, 0.5) is 19.0 Å². The molecule has 0 saturated heterocycles. The zero-order valence-electron chi connectivity index (χ0n) is 15.5. The molecule has 0 saturated carbocycles. The molecule has 0 spiro atoms. The van der Waals surface area contributed by atoms with Gasteiger partial charge in [-0.15, -0.1) is 0 Å². The van der Waals surface area contributed by atoms with Crippen molar-refractivity contribution in [3.8, 4) is 0 Å². The monoisotopic (exact) mass is 415 g/mol. The third-order valence-corrected chi connectivity index (χ3v) is 4.77. The van der Waals surface area contributed by atoms with Crippen molar-refractivity contribution in [2.75, 3.05) is 5.32 Å². The molecule has 1 amide bonds. The maximum Gasteiger partial charge on any atom is 0.416 e. The molecule has 4 rings (SSSR count). The molecular formula is C21H16F3N3O3. The largest absolute Gasteiger partial charge is 0.448 e. The summed E-state index contributed by atoms with van der Waals surface area (Å²) < 4.78 is 44.8. The number of hydrogen-bond donors (Lipinski definition) is 1. The topological polar surface area (TPSA) is 73.2 Å². The zero-order valence-corrected chi connectivity index (χ0v) is 15.5. The number of cyclic esters (lactones) is 1. The average molecular weight is 415 g/mol. The highest BCUT2D eigenvalue weighted by molar-refractivity contribution is 5.99. The van der Waals surface area contributed by atoms with Crippen molar-refractivity contribution in [2.45, 2.75) is 25.2 Å². The maximum absolute atomic E-state index is 12.7. The van der Waals surface area contributed by atoms with Crippen molar-refractivity contribution in [3.05, 3.63) is 83.0 Å². The van der Waals surface area contributed by atoms with Gasteiger partial charge in [-0.3, -0.25) is 4.79 Å². The molecule has 1 unspecified atom stereocenters. The van der Waals surface area contributed by atoms with Gasteiger partial charge in [0.25, 0.3) is 5.91 Å². The van der Waals surface area contributed by atoms with Crippen LogP contribution < -0.4 is 5.32 Å². The summed E-state index contributed by atoms with van der Waals surface area (Å²) in [6.45, 7) is 0.161. The van der Waals surface area contributed by atoms with E-state index < -0.39 is 29.7 Å². The SMILES string of the molecule is O=C1OC(C(=O)Nc2ccnn2Cc2ccc(C(F)(F)F)cc2)Cc2ccccc21. The molecule has 9 heteroatoms. The number of ether oxygens (including phenoxy) is 1. The Kier molecular flexibility index (Phi) is 5.03. The van der Waals surface area contributed by atoms with Crippen molar-refractivity contribution in [3.63, 3.8) is 0 Å². The highest BCUT2D eigenvalue weighted by Crippen LogP contribution is 2.29. The molecule has 154 valence electrons. The van der Waals surface area contributed by atoms with Gasteiger partial charge in [0.1, 0.15) is 5.82 Å². The molecule has 30 heavy (non-hydrogen) atoms. The lowest BCUT2D eigenvalue weighted by Crippen LogP contribution is -2.38. The number of esters is 1. The van der Waals surface area contributed by atoms with Crippen LogP contribution >= 0.6 is 0 Å². The van der Waals surface area contributed by atoms with Crippen molar-refractivity contribution in [1.29, 1.82) is 0 Å². The minimum Gasteiger partial charge on any atom is -0.448 e. The van der Waals surface area contributed by atoms with Crippen LogP contribution in [0.15, 0.2) is 60.8 Å². The molecular weight excluding hydrogens is 399 g/mol. The minimum atomic E-state index is -4.40. The fraction of sp³-hybridized carbons (Fsp3) is 0.190. The van der Waals surface area contributed by atoms with Gasteiger partial charge in [0.2, 0.25) is 0 Å². The summed E-state index contributed by atoms with van der Waals surface area (Å²) in [6, 6.07) is 13.2. The molecule has 1 N–H and O–H groups in total. The van der Waals surface area contributed by atoms with E-state index in [9.17, 15) is 22.8 Å². The predicted octanol–water partition coefficient (Wildman–Crippen LogP) is 3.67. The summed E-state index contributed by atoms with van der Waals surface area (Å²) >= 11 is 0. The second kappa shape index (κ2) is 7.66. The van der Waals surface area contributed by atoms with Gasteiger partial charge in [-0.05, 0) is 29.3 Å². The molecule has 0 fully saturated rings. The number of anilines is 1. The van der Waals surface area contributed by atoms with E-state index in [1.165, 1.54) is 23.0 Å². The summed E-state index contributed by atoms with van der Waals surface area (Å²) in [5.41, 5.74) is 1.01. The van der Waals surface area contributed by atoms with E-state index in [-0.39, 0.29) is 13.0 Å². The number of benzene rings is 2. The number of alkyl halides is 3. The van der Waals surface area contributed by atoms with Crippen molar-refractivity contribution >= 4 is 17.7 Å². The number of carbonyl (C=O) groups is 2. The van der Waals surface area contributed by atoms with E-state index in [4.69, 9.17) is 4.74 Å². The second-order valence-corrected chi connectivity index (χ2v) is 6.81. The van der Waals surface area contributed by atoms with Crippen LogP contribution in [0.2, 0.25) is 0 Å². The molecule has 0 aliphatic carbocycles. The minimum absolute atomic E-state index is 0.161. The maximum atomic E-state index is 12.7. The Morgan fingerprint density at radius 3 is 2.60 bits per heavy atom. The van der Waals surface area contributed by atoms with Crippen molar-refractivity contribution in [1.82, 2.24) is 9.78 Å². The summed E-state index contributed by atoms with van der Waals surface area (Å²) in [5, 5.41) is 6.78. The van der Waals surface area contributed by atoms with Crippen LogP contribution in [0.1, 0.15) is 27.0 Å². The number of hydrogen-bond acceptors (Lipinski definition) is 4. The van der Waals surface area contributed by atoms with Gasteiger partial charge >= 0.3 is 12.1 Å². The highest BCUT2D eigenvalue weighted by Gasteiger charge is 2.32. The Morgan fingerprint density at radius 1 is 1.13 bits per heavy atom. The Morgan fingerprint density at radius 2 is 1.87 bits per heavy atom. The van der Waals surface area contributed by atoms with E-state index in [0.717, 1.165) is 17.7 Å². The third-order valence-electron chi connectivity index (χ3n) is 4.77. The summed E-state index contributed by atoms with van der Waals surface area (Å²) in [6.07, 6.45) is -3.68. The molecule has 1 atom stereocenters. The molecule has 1 aliphatic heterocycles. The summed E-state index contributed by atoms with van der Waals surface area (Å²) in [5.74, 6) is -0.725. The van der Waals surface area contributed by atoms with Crippen LogP contribution in [0, 0.1) is 0 Å². The number of rotatable bonds is 4. The number of carbonyl (C=O) groups excluding carboxylic acids is 2. The lowest BCUT2D eigenvalue weighted by molar-refractivity contribution is -0.137. The Bertz CT molecular complexity index is 1090. The van der Waals surface area contributed by atoms with Crippen molar-refractivity contribution < 1.29 is 27.5 Å². The number of nitrogens with one attached hydrogen (secondary N) is 1. The number of halogens is 3. The number of nitrogens with zero attached hydrogens (tertiary/aromatic N) is 2. The Hall–Kier alpha value is -3.62. The summed E-state index contributed by atoms with van der Waals surface area (Å²) in [7, 11) is 0. The fourth-order valence-corrected chi connectivity index (χ4v) is 3.22. The fourth-order valence-electron chi connectivity index (χ4n) is 3.22. The quantitative estimate of drug-likeness (QED) is 0.660. The normalized spacial score (nSPS) is 16.0. The standard InChI is InChI=1S/C21H16F3N3O3/c22-21(23,24)15-7-5-13(6-8-15)12-27-18(9-10-25-27)26-19(28)17-11-14-3-1-2-4-16(14)20(29)30-17/h1-10,17H,11-12H2,(H,26,28). The molecule has 2 heterocycles. The molecule has 2 aromatic carbocycles. The van der Waals surface area contributed by atoms with Crippen LogP contribution in [-0.2, 0) is 28.7 Å². The molecule has 0 radical (unpaired) electrons. The van der Waals surface area contributed by atoms with Gasteiger partial charge < -0.3 is 10.1 Å². The van der Waals surface area contributed by atoms with Crippen LogP contribution in [-0.4, -0.2) is 27.8 Å². The van der Waals surface area contributed by atoms with E-state index in [0.29, 0.717) is 16.9 Å². The van der Waals surface area contributed by atoms with E-state index in [1.54, 1.807) is 30.3 Å². The van der Waals surface area contributed by atoms with Gasteiger partial charge in [-0.25, -0.2) is 9.48 Å². The number of aromatic nitrogens is 2. The predicted molar refractivity (Wildman–Crippen MR) is 101 cm³/mol. The van der Waals surface area contributed by atoms with Gasteiger partial charge in [0.05, 0.1) is 23.9 Å². The van der Waals surface area contributed by atoms with Gasteiger partial charge in [0, 0.05) is 12.5 Å². The first kappa shape index (κ1) is 19.7. The second-order valence-electron chi connectivity index (χ2n) is 6.81. The first-order valence-corrected chi connectivity index (χ1v) is 9.09. The molecule has 1 aromatic heterocycles. The smallest absolute Gasteiger partial charge is 0.416 e. The Labute approximate surface area is 169 Å². The van der Waals surface area contributed by atoms with Crippen molar-refractivity contribution in [2.24, 2.45) is 0 Å². The number of fused-ring (bicyclic) bond motifs is 1. The highest BCUT2D eigenvalue weighted by atomic mass is 19.4. The van der Waals surface area contributed by atoms with E-state index in [1.807, 2.05) is 0 Å². The molecule has 3 aromatic rings. The molecule has 6 nitrogen and oxygen atoms in total. The van der Waals surface area contributed by atoms with Crippen LogP contribution in [0.25, 0.3) is 0 Å². The van der Waals surface area contributed by atoms with E-state index in [2.05, 4.69) is 10.4 Å². The van der Waals surface area contributed by atoms with Gasteiger partial charge in [-0.1, -0.05) is 30.3 Å². The molecule has 0 bridgehead atoms. The lowest BCUT2D eigenvalue weighted by atomic mass is 9.98. The van der Waals surface area contributed by atoms with Gasteiger partial charge in [-0.2, -0.15) is 18.3 Å². The van der Waals surface area contributed by atoms with Crippen LogP contribution in [0.5, 0.6) is 0 Å². The van der Waals surface area contributed by atoms with E-state index >= 15 is 0 Å². The average Bonchev–Trinajstić information content (AvgIpc) is 3.14. The lowest BCUT2D eigenvalue weighted by Gasteiger charge is -2.23. The number of amides is 1. The van der Waals surface area contributed by atoms with Crippen LogP contribution in [0.3, 0.4) is 0 Å². The Balaban J connectivity index is 1.45. The third kappa shape index (κ3) is 4.05. The van der Waals surface area contributed by atoms with Gasteiger partial charge in [0.15, 0.2) is 6.10 Å². The first-order valence-electron chi connectivity index (χ1n) is 9.09. The summed E-state index contributed by atoms with van der Waals surface area (Å²) in [4.78, 5) is 24.7. The first-order chi connectivity index (χ1) is 14.3.